The number of carbonyl (C=O) groups is 1. The van der Waals surface area contributed by atoms with E-state index in [1.54, 1.807) is 39.2 Å². The lowest BCUT2D eigenvalue weighted by Crippen LogP contribution is -2.23. The van der Waals surface area contributed by atoms with Crippen molar-refractivity contribution in [2.24, 2.45) is 11.8 Å². The number of methoxy groups -OCH3 is 1. The molecule has 0 radical (unpaired) electrons. The number of hydrogen-bond acceptors (Lipinski definition) is 3. The normalized spacial score (nSPS) is 15.8. The highest BCUT2D eigenvalue weighted by atomic mass is 79.9. The Morgan fingerprint density at radius 3 is 2.44 bits per heavy atom. The van der Waals surface area contributed by atoms with Crippen LogP contribution < -0.4 is 4.74 Å². The van der Waals surface area contributed by atoms with Crippen molar-refractivity contribution in [3.8, 4) is 5.75 Å². The van der Waals surface area contributed by atoms with E-state index in [4.69, 9.17) is 9.84 Å². The molecule has 0 aliphatic carbocycles. The van der Waals surface area contributed by atoms with Crippen molar-refractivity contribution in [3.63, 3.8) is 0 Å². The van der Waals surface area contributed by atoms with Gasteiger partial charge in [-0.05, 0) is 39.5 Å². The van der Waals surface area contributed by atoms with E-state index in [2.05, 4.69) is 15.9 Å². The first-order valence-electron chi connectivity index (χ1n) is 5.62. The second-order valence-electron chi connectivity index (χ2n) is 4.32. The summed E-state index contributed by atoms with van der Waals surface area (Å²) >= 11 is 3.34. The first-order chi connectivity index (χ1) is 8.38. The number of aliphatic hydroxyl groups is 1. The maximum absolute atomic E-state index is 10.9. The zero-order valence-corrected chi connectivity index (χ0v) is 12.1. The smallest absolute Gasteiger partial charge is 0.306 e. The number of carboxylic acids is 1. The van der Waals surface area contributed by atoms with Crippen LogP contribution >= 0.6 is 15.9 Å². The van der Waals surface area contributed by atoms with E-state index in [-0.39, 0.29) is 5.92 Å². The van der Waals surface area contributed by atoms with Crippen molar-refractivity contribution in [2.75, 3.05) is 7.11 Å². The zero-order chi connectivity index (χ0) is 13.9. The van der Waals surface area contributed by atoms with Gasteiger partial charge < -0.3 is 14.9 Å². The van der Waals surface area contributed by atoms with Crippen LogP contribution in [0, 0.1) is 11.8 Å². The van der Waals surface area contributed by atoms with Crippen LogP contribution in [-0.4, -0.2) is 23.3 Å². The second-order valence-corrected chi connectivity index (χ2v) is 5.18. The lowest BCUT2D eigenvalue weighted by atomic mass is 9.87. The largest absolute Gasteiger partial charge is 0.496 e. The van der Waals surface area contributed by atoms with Crippen molar-refractivity contribution in [3.05, 3.63) is 28.2 Å². The predicted octanol–water partition coefficient (Wildman–Crippen LogP) is 2.85. The first-order valence-corrected chi connectivity index (χ1v) is 6.42. The Bertz CT molecular complexity index is 433. The molecule has 4 nitrogen and oxygen atoms in total. The molecule has 0 aliphatic heterocycles. The fraction of sp³-hybridized carbons (Fsp3) is 0.462. The zero-order valence-electron chi connectivity index (χ0n) is 10.6. The second kappa shape index (κ2) is 6.20. The molecule has 18 heavy (non-hydrogen) atoms. The maximum atomic E-state index is 10.9. The van der Waals surface area contributed by atoms with E-state index in [0.717, 1.165) is 4.47 Å². The fourth-order valence-corrected chi connectivity index (χ4v) is 2.23. The van der Waals surface area contributed by atoms with E-state index in [0.29, 0.717) is 11.3 Å². The van der Waals surface area contributed by atoms with Crippen LogP contribution in [-0.2, 0) is 4.79 Å². The summed E-state index contributed by atoms with van der Waals surface area (Å²) in [6, 6.07) is 5.22. The SMILES string of the molecule is COc1ccc(C(O)C(C)C(C)C(=O)O)cc1Br. The molecular formula is C13H17BrO4. The lowest BCUT2D eigenvalue weighted by molar-refractivity contribution is -0.144. The Balaban J connectivity index is 2.93. The third kappa shape index (κ3) is 3.23. The lowest BCUT2D eigenvalue weighted by Gasteiger charge is -2.23. The van der Waals surface area contributed by atoms with Crippen LogP contribution in [0.2, 0.25) is 0 Å². The van der Waals surface area contributed by atoms with Crippen LogP contribution in [0.4, 0.5) is 0 Å². The number of carboxylic acid groups (broad SMARTS) is 1. The van der Waals surface area contributed by atoms with Crippen molar-refractivity contribution in [1.29, 1.82) is 0 Å². The minimum Gasteiger partial charge on any atom is -0.496 e. The minimum absolute atomic E-state index is 0.372. The van der Waals surface area contributed by atoms with Crippen LogP contribution in [0.5, 0.6) is 5.75 Å². The highest BCUT2D eigenvalue weighted by molar-refractivity contribution is 9.10. The van der Waals surface area contributed by atoms with Gasteiger partial charge in [-0.3, -0.25) is 4.79 Å². The number of benzene rings is 1. The van der Waals surface area contributed by atoms with E-state index < -0.39 is 18.0 Å². The number of ether oxygens (including phenoxy) is 1. The molecule has 2 N–H and O–H groups in total. The summed E-state index contributed by atoms with van der Waals surface area (Å²) in [5.74, 6) is -1.22. The van der Waals surface area contributed by atoms with Gasteiger partial charge >= 0.3 is 5.97 Å². The molecule has 0 aliphatic rings. The molecule has 0 spiro atoms. The van der Waals surface area contributed by atoms with Crippen molar-refractivity contribution in [2.45, 2.75) is 20.0 Å². The number of rotatable bonds is 5. The molecule has 0 bridgehead atoms. The molecule has 0 heterocycles. The summed E-state index contributed by atoms with van der Waals surface area (Å²) in [6.07, 6.45) is -0.821. The molecule has 0 saturated heterocycles. The molecule has 3 unspecified atom stereocenters. The quantitative estimate of drug-likeness (QED) is 0.876. The van der Waals surface area contributed by atoms with Crippen molar-refractivity contribution in [1.82, 2.24) is 0 Å². The predicted molar refractivity (Wildman–Crippen MR) is 71.6 cm³/mol. The Labute approximate surface area is 115 Å². The van der Waals surface area contributed by atoms with Crippen LogP contribution in [0.15, 0.2) is 22.7 Å². The van der Waals surface area contributed by atoms with Gasteiger partial charge in [0.05, 0.1) is 23.6 Å². The molecular weight excluding hydrogens is 300 g/mol. The van der Waals surface area contributed by atoms with Gasteiger partial charge in [-0.25, -0.2) is 0 Å². The third-order valence-corrected chi connectivity index (χ3v) is 3.81. The van der Waals surface area contributed by atoms with Gasteiger partial charge in [-0.2, -0.15) is 0 Å². The summed E-state index contributed by atoms with van der Waals surface area (Å²) in [7, 11) is 1.56. The number of hydrogen-bond donors (Lipinski definition) is 2. The molecule has 100 valence electrons. The van der Waals surface area contributed by atoms with Crippen molar-refractivity contribution >= 4 is 21.9 Å². The molecule has 3 atom stereocenters. The van der Waals surface area contributed by atoms with Gasteiger partial charge in [-0.15, -0.1) is 0 Å². The molecule has 0 saturated carbocycles. The van der Waals surface area contributed by atoms with Gasteiger partial charge in [0.15, 0.2) is 0 Å². The standard InChI is InChI=1S/C13H17BrO4/c1-7(8(2)13(16)17)12(15)9-4-5-11(18-3)10(14)6-9/h4-8,12,15H,1-3H3,(H,16,17). The number of aliphatic hydroxyl groups excluding tert-OH is 1. The fourth-order valence-electron chi connectivity index (χ4n) is 1.67. The summed E-state index contributed by atoms with van der Waals surface area (Å²) in [5.41, 5.74) is 0.670. The van der Waals surface area contributed by atoms with Gasteiger partial charge in [-0.1, -0.05) is 19.9 Å². The van der Waals surface area contributed by atoms with Crippen LogP contribution in [0.25, 0.3) is 0 Å². The average Bonchev–Trinajstić information content (AvgIpc) is 2.35. The summed E-state index contributed by atoms with van der Waals surface area (Å²) in [6.45, 7) is 3.32. The third-order valence-electron chi connectivity index (χ3n) is 3.19. The Kier molecular flexibility index (Phi) is 5.16. The van der Waals surface area contributed by atoms with Gasteiger partial charge in [0.1, 0.15) is 5.75 Å². The first kappa shape index (κ1) is 15.0. The Morgan fingerprint density at radius 1 is 1.39 bits per heavy atom. The Hall–Kier alpha value is -1.07. The van der Waals surface area contributed by atoms with Gasteiger partial charge in [0, 0.05) is 0 Å². The summed E-state index contributed by atoms with van der Waals surface area (Å²) in [5, 5.41) is 19.1. The molecule has 1 aromatic rings. The topological polar surface area (TPSA) is 66.8 Å². The average molecular weight is 317 g/mol. The molecule has 0 amide bonds. The summed E-state index contributed by atoms with van der Waals surface area (Å²) < 4.78 is 5.84. The van der Waals surface area contributed by atoms with Gasteiger partial charge in [0.2, 0.25) is 0 Å². The highest BCUT2D eigenvalue weighted by Gasteiger charge is 2.27. The van der Waals surface area contributed by atoms with E-state index in [1.165, 1.54) is 0 Å². The van der Waals surface area contributed by atoms with E-state index in [9.17, 15) is 9.90 Å². The highest BCUT2D eigenvalue weighted by Crippen LogP contribution is 2.33. The molecule has 1 rings (SSSR count). The monoisotopic (exact) mass is 316 g/mol. The minimum atomic E-state index is -0.908. The number of aliphatic carboxylic acids is 1. The molecule has 0 aromatic heterocycles. The van der Waals surface area contributed by atoms with Crippen LogP contribution in [0.1, 0.15) is 25.5 Å². The van der Waals surface area contributed by atoms with Crippen LogP contribution in [0.3, 0.4) is 0 Å². The Morgan fingerprint density at radius 2 is 2.00 bits per heavy atom. The van der Waals surface area contributed by atoms with Crippen molar-refractivity contribution < 1.29 is 19.7 Å². The summed E-state index contributed by atoms with van der Waals surface area (Å²) in [4.78, 5) is 10.9. The maximum Gasteiger partial charge on any atom is 0.306 e. The molecule has 5 heteroatoms. The molecule has 0 fully saturated rings. The van der Waals surface area contributed by atoms with Gasteiger partial charge in [0.25, 0.3) is 0 Å². The number of halogens is 1. The van der Waals surface area contributed by atoms with E-state index >= 15 is 0 Å². The molecule has 1 aromatic carbocycles. The van der Waals surface area contributed by atoms with E-state index in [1.807, 2.05) is 0 Å².